The summed E-state index contributed by atoms with van der Waals surface area (Å²) in [5.41, 5.74) is 0.348. The number of carbonyl (C=O) groups excluding carboxylic acids is 2. The molecule has 0 aliphatic rings. The number of nitrogens with one attached hydrogen (secondary N) is 2. The molecule has 2 N–H and O–H groups in total. The van der Waals surface area contributed by atoms with Crippen LogP contribution in [0.15, 0.2) is 16.9 Å². The molecule has 0 spiro atoms. The molecule has 1 rings (SSSR count). The second-order valence-corrected chi connectivity index (χ2v) is 4.60. The maximum atomic E-state index is 11.9. The highest BCUT2D eigenvalue weighted by atomic mass is 16.5. The van der Waals surface area contributed by atoms with Gasteiger partial charge in [-0.25, -0.2) is 0 Å². The lowest BCUT2D eigenvalue weighted by molar-refractivity contribution is -0.143. The second-order valence-electron chi connectivity index (χ2n) is 4.60. The number of aryl methyl sites for hydroxylation is 1. The monoisotopic (exact) mass is 280 g/mol. The summed E-state index contributed by atoms with van der Waals surface area (Å²) in [4.78, 5) is 37.3. The van der Waals surface area contributed by atoms with Gasteiger partial charge in [0.2, 0.25) is 0 Å². The Balaban J connectivity index is 2.53. The molecule has 0 aromatic carbocycles. The number of aromatic amines is 1. The number of amides is 1. The van der Waals surface area contributed by atoms with Crippen LogP contribution in [0, 0.1) is 6.92 Å². The Morgan fingerprint density at radius 1 is 1.40 bits per heavy atom. The van der Waals surface area contributed by atoms with Crippen LogP contribution in [0.3, 0.4) is 0 Å². The lowest BCUT2D eigenvalue weighted by Gasteiger charge is -2.13. The smallest absolute Gasteiger partial charge is 0.305 e. The van der Waals surface area contributed by atoms with E-state index in [1.54, 1.807) is 26.8 Å². The highest BCUT2D eigenvalue weighted by Crippen LogP contribution is 2.01. The zero-order valence-electron chi connectivity index (χ0n) is 12.0. The minimum absolute atomic E-state index is 0.0681. The summed E-state index contributed by atoms with van der Waals surface area (Å²) in [6.45, 7) is 5.61. The fraction of sp³-hybridized carbons (Fsp3) is 0.500. The summed E-state index contributed by atoms with van der Waals surface area (Å²) in [6, 6.07) is 2.94. The molecule has 0 bridgehead atoms. The fourth-order valence-corrected chi connectivity index (χ4v) is 1.69. The second kappa shape index (κ2) is 7.47. The average molecular weight is 280 g/mol. The molecular formula is C14H20N2O4. The first-order valence-corrected chi connectivity index (χ1v) is 6.60. The number of ether oxygens (including phenoxy) is 1. The minimum atomic E-state index is -0.442. The Bertz CT molecular complexity index is 536. The molecule has 0 saturated carbocycles. The van der Waals surface area contributed by atoms with E-state index in [1.807, 2.05) is 0 Å². The zero-order valence-corrected chi connectivity index (χ0v) is 12.0. The molecule has 1 atom stereocenters. The number of aromatic nitrogens is 1. The number of hydrogen-bond acceptors (Lipinski definition) is 4. The number of carbonyl (C=O) groups is 2. The van der Waals surface area contributed by atoms with E-state index in [1.165, 1.54) is 6.07 Å². The molecule has 1 aromatic heterocycles. The number of rotatable bonds is 6. The molecule has 0 aliphatic carbocycles. The van der Waals surface area contributed by atoms with E-state index in [0.717, 1.165) is 0 Å². The van der Waals surface area contributed by atoms with E-state index in [0.29, 0.717) is 18.7 Å². The number of H-pyrrole nitrogens is 1. The predicted molar refractivity (Wildman–Crippen MR) is 74.6 cm³/mol. The van der Waals surface area contributed by atoms with Crippen LogP contribution in [-0.4, -0.2) is 29.5 Å². The van der Waals surface area contributed by atoms with Crippen molar-refractivity contribution in [1.29, 1.82) is 0 Å². The van der Waals surface area contributed by atoms with Crippen LogP contribution in [0.1, 0.15) is 42.7 Å². The van der Waals surface area contributed by atoms with Gasteiger partial charge in [0, 0.05) is 18.2 Å². The van der Waals surface area contributed by atoms with E-state index < -0.39 is 11.5 Å². The summed E-state index contributed by atoms with van der Waals surface area (Å²) in [6.07, 6.45) is 0.702. The molecule has 0 fully saturated rings. The van der Waals surface area contributed by atoms with Crippen LogP contribution >= 0.6 is 0 Å². The average Bonchev–Trinajstić information content (AvgIpc) is 2.36. The van der Waals surface area contributed by atoms with Gasteiger partial charge in [0.25, 0.3) is 11.5 Å². The first-order chi connectivity index (χ1) is 9.43. The van der Waals surface area contributed by atoms with Crippen molar-refractivity contribution in [2.75, 3.05) is 6.61 Å². The maximum absolute atomic E-state index is 11.9. The molecule has 6 nitrogen and oxygen atoms in total. The van der Waals surface area contributed by atoms with Gasteiger partial charge in [0.15, 0.2) is 0 Å². The lowest BCUT2D eigenvalue weighted by atomic mass is 10.1. The molecular weight excluding hydrogens is 260 g/mol. The number of esters is 1. The van der Waals surface area contributed by atoms with Crippen LogP contribution in [0.2, 0.25) is 0 Å². The van der Waals surface area contributed by atoms with Gasteiger partial charge in [0.1, 0.15) is 5.56 Å². The van der Waals surface area contributed by atoms with Crippen LogP contribution in [0.5, 0.6) is 0 Å². The molecule has 110 valence electrons. The van der Waals surface area contributed by atoms with E-state index in [2.05, 4.69) is 10.3 Å². The van der Waals surface area contributed by atoms with Crippen LogP contribution in [0.25, 0.3) is 0 Å². The Morgan fingerprint density at radius 3 is 2.70 bits per heavy atom. The zero-order chi connectivity index (χ0) is 15.1. The lowest BCUT2D eigenvalue weighted by Crippen LogP contribution is -2.36. The quantitative estimate of drug-likeness (QED) is 0.765. The van der Waals surface area contributed by atoms with E-state index >= 15 is 0 Å². The topological polar surface area (TPSA) is 88.3 Å². The predicted octanol–water partition coefficient (Wildman–Crippen LogP) is 1.14. The number of pyridine rings is 1. The van der Waals surface area contributed by atoms with E-state index in [-0.39, 0.29) is 24.0 Å². The van der Waals surface area contributed by atoms with Gasteiger partial charge < -0.3 is 15.0 Å². The summed E-state index contributed by atoms with van der Waals surface area (Å²) in [5.74, 6) is -0.732. The largest absolute Gasteiger partial charge is 0.466 e. The highest BCUT2D eigenvalue weighted by Gasteiger charge is 2.14. The van der Waals surface area contributed by atoms with Crippen molar-refractivity contribution in [3.63, 3.8) is 0 Å². The van der Waals surface area contributed by atoms with Crippen molar-refractivity contribution in [3.8, 4) is 0 Å². The third-order valence-corrected chi connectivity index (χ3v) is 2.76. The Kier molecular flexibility index (Phi) is 5.96. The molecule has 1 unspecified atom stereocenters. The molecule has 20 heavy (non-hydrogen) atoms. The minimum Gasteiger partial charge on any atom is -0.466 e. The SMILES string of the molecule is CCOC(=O)CCC(C)NC(=O)c1ccc(C)[nH]c1=O. The van der Waals surface area contributed by atoms with Crippen molar-refractivity contribution in [2.24, 2.45) is 0 Å². The maximum Gasteiger partial charge on any atom is 0.305 e. The number of hydrogen-bond donors (Lipinski definition) is 2. The van der Waals surface area contributed by atoms with Crippen LogP contribution in [0.4, 0.5) is 0 Å². The summed E-state index contributed by atoms with van der Waals surface area (Å²) < 4.78 is 4.81. The van der Waals surface area contributed by atoms with Crippen molar-refractivity contribution in [3.05, 3.63) is 33.7 Å². The van der Waals surface area contributed by atoms with Crippen LogP contribution < -0.4 is 10.9 Å². The van der Waals surface area contributed by atoms with E-state index in [9.17, 15) is 14.4 Å². The van der Waals surface area contributed by atoms with Crippen molar-refractivity contribution < 1.29 is 14.3 Å². The summed E-state index contributed by atoms with van der Waals surface area (Å²) >= 11 is 0. The Labute approximate surface area is 117 Å². The molecule has 0 saturated heterocycles. The third-order valence-electron chi connectivity index (χ3n) is 2.76. The summed E-state index contributed by atoms with van der Waals surface area (Å²) in [5, 5.41) is 2.69. The molecule has 1 aromatic rings. The van der Waals surface area contributed by atoms with E-state index in [4.69, 9.17) is 4.74 Å². The molecule has 6 heteroatoms. The Hall–Kier alpha value is -2.11. The third kappa shape index (κ3) is 4.87. The van der Waals surface area contributed by atoms with Crippen molar-refractivity contribution in [2.45, 2.75) is 39.7 Å². The van der Waals surface area contributed by atoms with Crippen molar-refractivity contribution >= 4 is 11.9 Å². The molecule has 0 aliphatic heterocycles. The van der Waals surface area contributed by atoms with Gasteiger partial charge in [-0.3, -0.25) is 14.4 Å². The van der Waals surface area contributed by atoms with Crippen LogP contribution in [-0.2, 0) is 9.53 Å². The van der Waals surface area contributed by atoms with Gasteiger partial charge >= 0.3 is 5.97 Å². The van der Waals surface area contributed by atoms with Gasteiger partial charge in [-0.05, 0) is 39.3 Å². The fourth-order valence-electron chi connectivity index (χ4n) is 1.69. The molecule has 1 heterocycles. The Morgan fingerprint density at radius 2 is 2.10 bits per heavy atom. The van der Waals surface area contributed by atoms with Crippen molar-refractivity contribution in [1.82, 2.24) is 10.3 Å². The highest BCUT2D eigenvalue weighted by molar-refractivity contribution is 5.93. The van der Waals surface area contributed by atoms with Gasteiger partial charge in [-0.15, -0.1) is 0 Å². The molecule has 0 radical (unpaired) electrons. The van der Waals surface area contributed by atoms with Gasteiger partial charge in [-0.1, -0.05) is 0 Å². The first kappa shape index (κ1) is 15.9. The van der Waals surface area contributed by atoms with Gasteiger partial charge in [-0.2, -0.15) is 0 Å². The normalized spacial score (nSPS) is 11.8. The molecule has 1 amide bonds. The van der Waals surface area contributed by atoms with Gasteiger partial charge in [0.05, 0.1) is 6.61 Å². The standard InChI is InChI=1S/C14H20N2O4/c1-4-20-12(17)8-6-10(3)16-14(19)11-7-5-9(2)15-13(11)18/h5,7,10H,4,6,8H2,1-3H3,(H,15,18)(H,16,19). The first-order valence-electron chi connectivity index (χ1n) is 6.60. The summed E-state index contributed by atoms with van der Waals surface area (Å²) in [7, 11) is 0.